The Morgan fingerprint density at radius 2 is 1.81 bits per heavy atom. The zero-order valence-corrected chi connectivity index (χ0v) is 15.3. The molecule has 2 aliphatic rings. The number of amides is 1. The number of hydrogen-bond acceptors (Lipinski definition) is 2. The smallest absolute Gasteiger partial charge is 0.242 e. The normalized spacial score (nSPS) is 19.6. The van der Waals surface area contributed by atoms with Crippen molar-refractivity contribution in [2.45, 2.75) is 57.9 Å². The van der Waals surface area contributed by atoms with Gasteiger partial charge in [-0.2, -0.15) is 0 Å². The lowest BCUT2D eigenvalue weighted by Crippen LogP contribution is -2.41. The van der Waals surface area contributed by atoms with Gasteiger partial charge in [-0.15, -0.1) is 24.0 Å². The van der Waals surface area contributed by atoms with E-state index in [1.54, 1.807) is 0 Å². The molecule has 5 nitrogen and oxygen atoms in total. The van der Waals surface area contributed by atoms with Crippen LogP contribution in [0.3, 0.4) is 0 Å². The van der Waals surface area contributed by atoms with Gasteiger partial charge in [-0.25, -0.2) is 4.99 Å². The largest absolute Gasteiger partial charge is 0.357 e. The number of nitrogens with one attached hydrogen (secondary N) is 3. The summed E-state index contributed by atoms with van der Waals surface area (Å²) in [5.41, 5.74) is 0. The van der Waals surface area contributed by atoms with E-state index in [-0.39, 0.29) is 36.4 Å². The monoisotopic (exact) mass is 408 g/mol. The van der Waals surface area contributed by atoms with Crippen molar-refractivity contribution in [2.24, 2.45) is 10.9 Å². The molecule has 0 atom stereocenters. The molecule has 0 heterocycles. The SMILES string of the molecule is CCNC(=NCC(=O)NC1CCCCC1)NCC1CC1.I. The van der Waals surface area contributed by atoms with Crippen LogP contribution in [0.2, 0.25) is 0 Å². The number of halogens is 1. The van der Waals surface area contributed by atoms with E-state index in [1.165, 1.54) is 32.1 Å². The fourth-order valence-corrected chi connectivity index (χ4v) is 2.58. The molecule has 0 unspecified atom stereocenters. The molecule has 6 heteroatoms. The highest BCUT2D eigenvalue weighted by molar-refractivity contribution is 14.0. The van der Waals surface area contributed by atoms with Gasteiger partial charge in [-0.1, -0.05) is 19.3 Å². The van der Waals surface area contributed by atoms with Crippen molar-refractivity contribution in [3.05, 3.63) is 0 Å². The van der Waals surface area contributed by atoms with Crippen molar-refractivity contribution in [2.75, 3.05) is 19.6 Å². The van der Waals surface area contributed by atoms with Gasteiger partial charge >= 0.3 is 0 Å². The number of aliphatic imine (C=N–C) groups is 1. The Hall–Kier alpha value is -0.530. The van der Waals surface area contributed by atoms with E-state index in [4.69, 9.17) is 0 Å². The number of guanidine groups is 1. The minimum atomic E-state index is 0. The van der Waals surface area contributed by atoms with Gasteiger partial charge in [-0.05, 0) is 38.5 Å². The van der Waals surface area contributed by atoms with Gasteiger partial charge < -0.3 is 16.0 Å². The molecule has 0 bridgehead atoms. The van der Waals surface area contributed by atoms with Crippen LogP contribution in [0.25, 0.3) is 0 Å². The summed E-state index contributed by atoms with van der Waals surface area (Å²) in [5, 5.41) is 9.58. The molecular weight excluding hydrogens is 379 g/mol. The Morgan fingerprint density at radius 3 is 2.43 bits per heavy atom. The van der Waals surface area contributed by atoms with Crippen molar-refractivity contribution in [3.8, 4) is 0 Å². The highest BCUT2D eigenvalue weighted by Crippen LogP contribution is 2.27. The van der Waals surface area contributed by atoms with Crippen LogP contribution in [0.5, 0.6) is 0 Å². The molecule has 0 spiro atoms. The molecule has 1 amide bonds. The summed E-state index contributed by atoms with van der Waals surface area (Å²) >= 11 is 0. The highest BCUT2D eigenvalue weighted by atomic mass is 127. The lowest BCUT2D eigenvalue weighted by atomic mass is 9.95. The molecule has 0 aromatic rings. The van der Waals surface area contributed by atoms with E-state index >= 15 is 0 Å². The third-order valence-corrected chi connectivity index (χ3v) is 3.95. The predicted molar refractivity (Wildman–Crippen MR) is 97.1 cm³/mol. The second kappa shape index (κ2) is 10.2. The van der Waals surface area contributed by atoms with Crippen LogP contribution in [-0.2, 0) is 4.79 Å². The fourth-order valence-electron chi connectivity index (χ4n) is 2.58. The summed E-state index contributed by atoms with van der Waals surface area (Å²) in [6.45, 7) is 4.05. The molecule has 0 aliphatic heterocycles. The highest BCUT2D eigenvalue weighted by Gasteiger charge is 2.21. The number of hydrogen-bond donors (Lipinski definition) is 3. The zero-order valence-electron chi connectivity index (χ0n) is 13.0. The van der Waals surface area contributed by atoms with Crippen molar-refractivity contribution >= 4 is 35.8 Å². The van der Waals surface area contributed by atoms with E-state index in [2.05, 4.69) is 20.9 Å². The first-order valence-electron chi connectivity index (χ1n) is 8.09. The Morgan fingerprint density at radius 1 is 1.10 bits per heavy atom. The topological polar surface area (TPSA) is 65.5 Å². The number of carbonyl (C=O) groups is 1. The molecule has 2 rings (SSSR count). The van der Waals surface area contributed by atoms with E-state index < -0.39 is 0 Å². The van der Waals surface area contributed by atoms with Crippen molar-refractivity contribution in [1.29, 1.82) is 0 Å². The first kappa shape index (κ1) is 18.5. The molecule has 2 aliphatic carbocycles. The van der Waals surface area contributed by atoms with Crippen LogP contribution < -0.4 is 16.0 Å². The standard InChI is InChI=1S/C15H28N4O.HI/c1-2-16-15(17-10-12-8-9-12)18-11-14(20)19-13-6-4-3-5-7-13;/h12-13H,2-11H2,1H3,(H,19,20)(H2,16,17,18);1H. The maximum absolute atomic E-state index is 11.9. The Labute approximate surface area is 145 Å². The lowest BCUT2D eigenvalue weighted by Gasteiger charge is -2.22. The predicted octanol–water partition coefficient (Wildman–Crippen LogP) is 2.02. The summed E-state index contributed by atoms with van der Waals surface area (Å²) in [5.74, 6) is 1.61. The maximum Gasteiger partial charge on any atom is 0.242 e. The molecule has 0 aromatic carbocycles. The molecule has 3 N–H and O–H groups in total. The lowest BCUT2D eigenvalue weighted by molar-refractivity contribution is -0.120. The Bertz CT molecular complexity index is 339. The van der Waals surface area contributed by atoms with Gasteiger partial charge in [0, 0.05) is 19.1 Å². The zero-order chi connectivity index (χ0) is 14.2. The third-order valence-electron chi connectivity index (χ3n) is 3.95. The number of carbonyl (C=O) groups excluding carboxylic acids is 1. The maximum atomic E-state index is 11.9. The van der Waals surface area contributed by atoms with Gasteiger partial charge in [0.2, 0.25) is 5.91 Å². The summed E-state index contributed by atoms with van der Waals surface area (Å²) < 4.78 is 0. The first-order valence-corrected chi connectivity index (χ1v) is 8.09. The van der Waals surface area contributed by atoms with E-state index in [1.807, 2.05) is 6.92 Å². The van der Waals surface area contributed by atoms with Crippen LogP contribution >= 0.6 is 24.0 Å². The molecule has 0 aromatic heterocycles. The molecule has 2 saturated carbocycles. The van der Waals surface area contributed by atoms with Crippen LogP contribution in [0.15, 0.2) is 4.99 Å². The molecule has 0 saturated heterocycles. The van der Waals surface area contributed by atoms with Crippen LogP contribution in [-0.4, -0.2) is 37.5 Å². The van der Waals surface area contributed by atoms with Crippen LogP contribution in [0, 0.1) is 5.92 Å². The Balaban J connectivity index is 0.00000220. The minimum Gasteiger partial charge on any atom is -0.357 e. The van der Waals surface area contributed by atoms with E-state index in [0.29, 0.717) is 6.04 Å². The van der Waals surface area contributed by atoms with Gasteiger partial charge in [0.15, 0.2) is 5.96 Å². The minimum absolute atomic E-state index is 0. The van der Waals surface area contributed by atoms with Gasteiger partial charge in [0.05, 0.1) is 0 Å². The second-order valence-corrected chi connectivity index (χ2v) is 5.92. The molecular formula is C15H29IN4O. The Kier molecular flexibility index (Phi) is 9.03. The quantitative estimate of drug-likeness (QED) is 0.358. The summed E-state index contributed by atoms with van der Waals surface area (Å²) in [6, 6.07) is 0.369. The molecule has 21 heavy (non-hydrogen) atoms. The summed E-state index contributed by atoms with van der Waals surface area (Å²) in [6.07, 6.45) is 8.65. The molecule has 2 fully saturated rings. The van der Waals surface area contributed by atoms with E-state index in [0.717, 1.165) is 37.8 Å². The first-order chi connectivity index (χ1) is 9.78. The average molecular weight is 408 g/mol. The van der Waals surface area contributed by atoms with Crippen LogP contribution in [0.4, 0.5) is 0 Å². The summed E-state index contributed by atoms with van der Waals surface area (Å²) in [4.78, 5) is 16.3. The van der Waals surface area contributed by atoms with Crippen molar-refractivity contribution in [3.63, 3.8) is 0 Å². The number of rotatable bonds is 6. The van der Waals surface area contributed by atoms with Crippen molar-refractivity contribution in [1.82, 2.24) is 16.0 Å². The van der Waals surface area contributed by atoms with Crippen molar-refractivity contribution < 1.29 is 4.79 Å². The van der Waals surface area contributed by atoms with Crippen LogP contribution in [0.1, 0.15) is 51.9 Å². The average Bonchev–Trinajstić information content (AvgIpc) is 3.27. The molecule has 122 valence electrons. The second-order valence-electron chi connectivity index (χ2n) is 5.92. The van der Waals surface area contributed by atoms with Gasteiger partial charge in [-0.3, -0.25) is 4.79 Å². The summed E-state index contributed by atoms with van der Waals surface area (Å²) in [7, 11) is 0. The van der Waals surface area contributed by atoms with Gasteiger partial charge in [0.1, 0.15) is 6.54 Å². The third kappa shape index (κ3) is 7.87. The fraction of sp³-hybridized carbons (Fsp3) is 0.867. The number of nitrogens with zero attached hydrogens (tertiary/aromatic N) is 1. The van der Waals surface area contributed by atoms with E-state index in [9.17, 15) is 4.79 Å². The van der Waals surface area contributed by atoms with Gasteiger partial charge in [0.25, 0.3) is 0 Å². The molecule has 0 radical (unpaired) electrons.